The lowest BCUT2D eigenvalue weighted by Crippen LogP contribution is -2.21. The quantitative estimate of drug-likeness (QED) is 0.415. The first-order valence-electron chi connectivity index (χ1n) is 10.4. The number of nitrogens with zero attached hydrogens (tertiary/aromatic N) is 4. The molecule has 0 aliphatic carbocycles. The van der Waals surface area contributed by atoms with E-state index in [1.807, 2.05) is 30.2 Å². The van der Waals surface area contributed by atoms with E-state index in [1.165, 1.54) is 12.1 Å². The Morgan fingerprint density at radius 3 is 2.52 bits per heavy atom. The molecular weight excluding hydrogens is 423 g/mol. The van der Waals surface area contributed by atoms with Crippen LogP contribution >= 0.6 is 0 Å². The summed E-state index contributed by atoms with van der Waals surface area (Å²) in [5.74, 6) is 0.186. The van der Waals surface area contributed by atoms with Gasteiger partial charge in [0.05, 0.1) is 23.3 Å². The van der Waals surface area contributed by atoms with Crippen LogP contribution in [0.25, 0.3) is 11.3 Å². The van der Waals surface area contributed by atoms with Gasteiger partial charge in [0.15, 0.2) is 0 Å². The standard InChI is InChI=1S/C24H25FN6O2/c1-24(2,3)31-10-8-17(15-31)28-23(32)29-21-6-5-18(11-20(21)25)33-19-7-9-26-22(12-19)16-13-27-30(4)14-16/h5-15H,1-4H3,(H2,28,29,32). The number of anilines is 2. The van der Waals surface area contributed by atoms with E-state index in [-0.39, 0.29) is 11.2 Å². The monoisotopic (exact) mass is 448 g/mol. The summed E-state index contributed by atoms with van der Waals surface area (Å²) in [5.41, 5.74) is 2.09. The summed E-state index contributed by atoms with van der Waals surface area (Å²) in [6, 6.07) is 8.93. The number of pyridine rings is 1. The zero-order chi connectivity index (χ0) is 23.6. The third-order valence-corrected chi connectivity index (χ3v) is 4.88. The number of benzene rings is 1. The number of aryl methyl sites for hydroxylation is 1. The molecule has 33 heavy (non-hydrogen) atoms. The second kappa shape index (κ2) is 8.78. The fourth-order valence-corrected chi connectivity index (χ4v) is 3.16. The molecule has 4 aromatic rings. The Balaban J connectivity index is 1.41. The summed E-state index contributed by atoms with van der Waals surface area (Å²) < 4.78 is 24.1. The van der Waals surface area contributed by atoms with E-state index in [9.17, 15) is 9.18 Å². The Morgan fingerprint density at radius 2 is 1.85 bits per heavy atom. The van der Waals surface area contributed by atoms with Gasteiger partial charge in [-0.3, -0.25) is 9.67 Å². The van der Waals surface area contributed by atoms with Crippen molar-refractivity contribution in [2.75, 3.05) is 10.6 Å². The maximum absolute atomic E-state index is 14.6. The van der Waals surface area contributed by atoms with Crippen LogP contribution in [0.1, 0.15) is 20.8 Å². The van der Waals surface area contributed by atoms with Crippen molar-refractivity contribution >= 4 is 17.4 Å². The SMILES string of the molecule is Cn1cc(-c2cc(Oc3ccc(NC(=O)Nc4ccn(C(C)(C)C)c4)c(F)c3)ccn2)cn1. The van der Waals surface area contributed by atoms with Gasteiger partial charge in [-0.15, -0.1) is 0 Å². The Morgan fingerprint density at radius 1 is 1.06 bits per heavy atom. The number of amides is 2. The largest absolute Gasteiger partial charge is 0.457 e. The Kier molecular flexibility index (Phi) is 5.87. The molecule has 0 spiro atoms. The molecule has 1 aromatic carbocycles. The molecule has 0 radical (unpaired) electrons. The number of carbonyl (C=O) groups is 1. The summed E-state index contributed by atoms with van der Waals surface area (Å²) >= 11 is 0. The number of hydrogen-bond acceptors (Lipinski definition) is 4. The summed E-state index contributed by atoms with van der Waals surface area (Å²) in [6.07, 6.45) is 8.86. The Bertz CT molecular complexity index is 1290. The zero-order valence-electron chi connectivity index (χ0n) is 18.8. The van der Waals surface area contributed by atoms with Gasteiger partial charge in [0, 0.05) is 55.1 Å². The first-order chi connectivity index (χ1) is 15.7. The molecule has 0 bridgehead atoms. The van der Waals surface area contributed by atoms with Crippen molar-refractivity contribution in [2.24, 2.45) is 7.05 Å². The topological polar surface area (TPSA) is 86.0 Å². The number of urea groups is 1. The number of hydrogen-bond donors (Lipinski definition) is 2. The summed E-state index contributed by atoms with van der Waals surface area (Å²) in [6.45, 7) is 6.17. The molecule has 0 atom stereocenters. The molecule has 3 heterocycles. The van der Waals surface area contributed by atoms with Gasteiger partial charge in [0.1, 0.15) is 17.3 Å². The van der Waals surface area contributed by atoms with E-state index < -0.39 is 11.8 Å². The fraction of sp³-hybridized carbons (Fsp3) is 0.208. The van der Waals surface area contributed by atoms with Gasteiger partial charge < -0.3 is 19.9 Å². The number of nitrogens with one attached hydrogen (secondary N) is 2. The third kappa shape index (κ3) is 5.38. The van der Waals surface area contributed by atoms with Gasteiger partial charge >= 0.3 is 6.03 Å². The van der Waals surface area contributed by atoms with E-state index in [1.54, 1.807) is 41.3 Å². The minimum atomic E-state index is -0.614. The highest BCUT2D eigenvalue weighted by atomic mass is 19.1. The summed E-state index contributed by atoms with van der Waals surface area (Å²) in [4.78, 5) is 16.6. The molecule has 4 rings (SSSR count). The second-order valence-corrected chi connectivity index (χ2v) is 8.58. The molecule has 8 nitrogen and oxygen atoms in total. The van der Waals surface area contributed by atoms with Gasteiger partial charge in [-0.2, -0.15) is 5.10 Å². The number of rotatable bonds is 5. The van der Waals surface area contributed by atoms with Crippen LogP contribution in [-0.2, 0) is 12.6 Å². The van der Waals surface area contributed by atoms with Crippen LogP contribution in [0, 0.1) is 5.82 Å². The van der Waals surface area contributed by atoms with Crippen molar-refractivity contribution in [3.05, 3.63) is 73.2 Å². The van der Waals surface area contributed by atoms with Gasteiger partial charge in [-0.25, -0.2) is 9.18 Å². The molecular formula is C24H25FN6O2. The van der Waals surface area contributed by atoms with Crippen molar-refractivity contribution in [1.82, 2.24) is 19.3 Å². The minimum absolute atomic E-state index is 0.0425. The molecule has 2 N–H and O–H groups in total. The van der Waals surface area contributed by atoms with Crippen LogP contribution in [0.5, 0.6) is 11.5 Å². The van der Waals surface area contributed by atoms with Crippen LogP contribution in [-0.4, -0.2) is 25.4 Å². The van der Waals surface area contributed by atoms with Gasteiger partial charge in [0.2, 0.25) is 0 Å². The predicted molar refractivity (Wildman–Crippen MR) is 125 cm³/mol. The predicted octanol–water partition coefficient (Wildman–Crippen LogP) is 5.61. The van der Waals surface area contributed by atoms with E-state index in [0.29, 0.717) is 22.9 Å². The molecule has 0 unspecified atom stereocenters. The van der Waals surface area contributed by atoms with Crippen molar-refractivity contribution < 1.29 is 13.9 Å². The smallest absolute Gasteiger partial charge is 0.323 e. The number of halogens is 1. The molecule has 0 aliphatic heterocycles. The lowest BCUT2D eigenvalue weighted by Gasteiger charge is -2.20. The summed E-state index contributed by atoms with van der Waals surface area (Å²) in [5, 5.41) is 9.36. The minimum Gasteiger partial charge on any atom is -0.457 e. The first-order valence-corrected chi connectivity index (χ1v) is 10.4. The number of carbonyl (C=O) groups excluding carboxylic acids is 1. The summed E-state index contributed by atoms with van der Waals surface area (Å²) in [7, 11) is 1.82. The van der Waals surface area contributed by atoms with Crippen LogP contribution in [0.4, 0.5) is 20.6 Å². The lowest BCUT2D eigenvalue weighted by molar-refractivity contribution is 0.262. The lowest BCUT2D eigenvalue weighted by atomic mass is 10.1. The van der Waals surface area contributed by atoms with E-state index in [4.69, 9.17) is 4.74 Å². The average molecular weight is 449 g/mol. The molecule has 9 heteroatoms. The first kappa shape index (κ1) is 22.1. The van der Waals surface area contributed by atoms with Crippen molar-refractivity contribution in [2.45, 2.75) is 26.3 Å². The van der Waals surface area contributed by atoms with Crippen LogP contribution in [0.3, 0.4) is 0 Å². The molecule has 0 aliphatic rings. The number of aromatic nitrogens is 4. The normalized spacial score (nSPS) is 11.3. The van der Waals surface area contributed by atoms with Crippen molar-refractivity contribution in [3.63, 3.8) is 0 Å². The molecule has 3 aromatic heterocycles. The third-order valence-electron chi connectivity index (χ3n) is 4.88. The average Bonchev–Trinajstić information content (AvgIpc) is 3.39. The van der Waals surface area contributed by atoms with Crippen molar-refractivity contribution in [1.29, 1.82) is 0 Å². The van der Waals surface area contributed by atoms with Gasteiger partial charge in [0.25, 0.3) is 0 Å². The maximum atomic E-state index is 14.6. The molecule has 2 amide bonds. The zero-order valence-corrected chi connectivity index (χ0v) is 18.8. The Hall–Kier alpha value is -4.14. The molecule has 0 saturated carbocycles. The number of ether oxygens (including phenoxy) is 1. The van der Waals surface area contributed by atoms with Gasteiger partial charge in [-0.1, -0.05) is 0 Å². The van der Waals surface area contributed by atoms with Crippen LogP contribution in [0.15, 0.2) is 67.4 Å². The van der Waals surface area contributed by atoms with E-state index in [2.05, 4.69) is 41.5 Å². The fourth-order valence-electron chi connectivity index (χ4n) is 3.16. The second-order valence-electron chi connectivity index (χ2n) is 8.58. The molecule has 170 valence electrons. The maximum Gasteiger partial charge on any atom is 0.323 e. The highest BCUT2D eigenvalue weighted by Gasteiger charge is 2.14. The van der Waals surface area contributed by atoms with E-state index in [0.717, 1.165) is 5.56 Å². The highest BCUT2D eigenvalue weighted by Crippen LogP contribution is 2.28. The van der Waals surface area contributed by atoms with Crippen LogP contribution in [0.2, 0.25) is 0 Å². The molecule has 0 fully saturated rings. The van der Waals surface area contributed by atoms with Crippen LogP contribution < -0.4 is 15.4 Å². The Labute approximate surface area is 191 Å². The van der Waals surface area contributed by atoms with Gasteiger partial charge in [-0.05, 0) is 45.0 Å². The molecule has 0 saturated heterocycles. The highest BCUT2D eigenvalue weighted by molar-refractivity contribution is 5.99. The van der Waals surface area contributed by atoms with E-state index >= 15 is 0 Å². The van der Waals surface area contributed by atoms with Crippen molar-refractivity contribution in [3.8, 4) is 22.8 Å².